The summed E-state index contributed by atoms with van der Waals surface area (Å²) in [7, 11) is 0. The van der Waals surface area contributed by atoms with Crippen LogP contribution in [0.4, 0.5) is 0 Å². The normalized spacial score (nSPS) is 10.1. The van der Waals surface area contributed by atoms with Crippen LogP contribution in [-0.2, 0) is 0 Å². The molecule has 3 nitrogen and oxygen atoms in total. The van der Waals surface area contributed by atoms with Crippen molar-refractivity contribution in [1.82, 2.24) is 0 Å². The molecule has 0 saturated carbocycles. The van der Waals surface area contributed by atoms with Gasteiger partial charge < -0.3 is 5.73 Å². The minimum Gasteiger partial charge on any atom is -0.387 e. The third-order valence-electron chi connectivity index (χ3n) is 0.623. The lowest BCUT2D eigenvalue weighted by Crippen LogP contribution is -2.09. The first kappa shape index (κ1) is 7.14. The van der Waals surface area contributed by atoms with Crippen LogP contribution in [0.25, 0.3) is 0 Å². The first-order chi connectivity index (χ1) is 3.77. The van der Waals surface area contributed by atoms with Crippen molar-refractivity contribution in [2.24, 2.45) is 10.7 Å². The fraction of sp³-hybridized carbons (Fsp3) is 0.600. The molecule has 0 fully saturated rings. The lowest BCUT2D eigenvalue weighted by molar-refractivity contribution is 1.13. The van der Waals surface area contributed by atoms with Gasteiger partial charge in [-0.25, -0.2) is 0 Å². The highest BCUT2D eigenvalue weighted by Crippen LogP contribution is 1.70. The van der Waals surface area contributed by atoms with E-state index in [1.54, 1.807) is 6.21 Å². The molecular weight excluding hydrogens is 102 g/mol. The smallest absolute Gasteiger partial charge is 0.0959 e. The second kappa shape index (κ2) is 4.30. The summed E-state index contributed by atoms with van der Waals surface area (Å²) >= 11 is 0. The van der Waals surface area contributed by atoms with Crippen molar-refractivity contribution in [3.8, 4) is 0 Å². The van der Waals surface area contributed by atoms with Gasteiger partial charge in [-0.2, -0.15) is 0 Å². The summed E-state index contributed by atoms with van der Waals surface area (Å²) < 4.78 is 0. The van der Waals surface area contributed by atoms with E-state index in [2.05, 4.69) is 4.99 Å². The standard InChI is InChI=1S/C5H11N3/c1-2-8-4-3-5(6)7/h4H,2-3H2,1H3,(H3,6,7). The molecule has 46 valence electrons. The topological polar surface area (TPSA) is 62.2 Å². The van der Waals surface area contributed by atoms with Crippen molar-refractivity contribution >= 4 is 12.1 Å². The number of aliphatic imine (C=N–C) groups is 1. The van der Waals surface area contributed by atoms with E-state index in [1.807, 2.05) is 6.92 Å². The Morgan fingerprint density at radius 3 is 2.88 bits per heavy atom. The zero-order valence-corrected chi connectivity index (χ0v) is 5.02. The molecule has 0 saturated heterocycles. The van der Waals surface area contributed by atoms with Crippen molar-refractivity contribution < 1.29 is 0 Å². The summed E-state index contributed by atoms with van der Waals surface area (Å²) in [4.78, 5) is 3.87. The third kappa shape index (κ3) is 5.14. The van der Waals surface area contributed by atoms with Crippen LogP contribution < -0.4 is 5.73 Å². The fourth-order valence-electron chi connectivity index (χ4n) is 0.292. The zero-order chi connectivity index (χ0) is 6.41. The second-order valence-corrected chi connectivity index (χ2v) is 1.41. The molecule has 0 atom stereocenters. The van der Waals surface area contributed by atoms with Crippen molar-refractivity contribution in [2.45, 2.75) is 13.3 Å². The van der Waals surface area contributed by atoms with E-state index in [-0.39, 0.29) is 5.84 Å². The maximum Gasteiger partial charge on any atom is 0.0959 e. The molecule has 8 heavy (non-hydrogen) atoms. The van der Waals surface area contributed by atoms with E-state index < -0.39 is 0 Å². The fourth-order valence-corrected chi connectivity index (χ4v) is 0.292. The van der Waals surface area contributed by atoms with Gasteiger partial charge in [0.1, 0.15) is 0 Å². The summed E-state index contributed by atoms with van der Waals surface area (Å²) in [5.41, 5.74) is 5.03. The molecule has 0 bridgehead atoms. The number of hydrogen-bond donors (Lipinski definition) is 2. The molecule has 3 N–H and O–H groups in total. The van der Waals surface area contributed by atoms with Gasteiger partial charge >= 0.3 is 0 Å². The number of amidine groups is 1. The SMILES string of the molecule is CCN=CCC(=N)N. The van der Waals surface area contributed by atoms with Gasteiger partial charge in [-0.05, 0) is 6.92 Å². The van der Waals surface area contributed by atoms with Gasteiger partial charge in [0.25, 0.3) is 0 Å². The number of rotatable bonds is 3. The quantitative estimate of drug-likeness (QED) is 0.404. The first-order valence-electron chi connectivity index (χ1n) is 2.58. The summed E-state index contributed by atoms with van der Waals surface area (Å²) in [5, 5.41) is 6.76. The molecule has 0 radical (unpaired) electrons. The minimum absolute atomic E-state index is 0.169. The van der Waals surface area contributed by atoms with E-state index >= 15 is 0 Å². The van der Waals surface area contributed by atoms with E-state index in [1.165, 1.54) is 0 Å². The molecule has 0 aliphatic carbocycles. The van der Waals surface area contributed by atoms with Gasteiger partial charge in [-0.3, -0.25) is 10.4 Å². The van der Waals surface area contributed by atoms with Gasteiger partial charge in [0.2, 0.25) is 0 Å². The largest absolute Gasteiger partial charge is 0.387 e. The number of nitrogens with zero attached hydrogens (tertiary/aromatic N) is 1. The van der Waals surface area contributed by atoms with Crippen LogP contribution in [0, 0.1) is 5.41 Å². The zero-order valence-electron chi connectivity index (χ0n) is 5.02. The molecule has 0 aromatic heterocycles. The van der Waals surface area contributed by atoms with Crippen LogP contribution in [0.2, 0.25) is 0 Å². The van der Waals surface area contributed by atoms with Crippen LogP contribution >= 0.6 is 0 Å². The van der Waals surface area contributed by atoms with Crippen molar-refractivity contribution in [3.63, 3.8) is 0 Å². The lowest BCUT2D eigenvalue weighted by atomic mass is 10.4. The Kier molecular flexibility index (Phi) is 3.84. The molecule has 0 aliphatic rings. The van der Waals surface area contributed by atoms with Gasteiger partial charge in [0.05, 0.1) is 5.84 Å². The highest BCUT2D eigenvalue weighted by atomic mass is 14.7. The van der Waals surface area contributed by atoms with E-state index in [0.717, 1.165) is 6.54 Å². The maximum atomic E-state index is 6.76. The molecule has 0 aromatic rings. The Hall–Kier alpha value is -0.860. The highest BCUT2D eigenvalue weighted by molar-refractivity contribution is 5.90. The predicted molar refractivity (Wildman–Crippen MR) is 35.6 cm³/mol. The van der Waals surface area contributed by atoms with Gasteiger partial charge in [0.15, 0.2) is 0 Å². The Morgan fingerprint density at radius 2 is 2.50 bits per heavy atom. The van der Waals surface area contributed by atoms with Crippen LogP contribution in [-0.4, -0.2) is 18.6 Å². The van der Waals surface area contributed by atoms with E-state index in [0.29, 0.717) is 6.42 Å². The monoisotopic (exact) mass is 113 g/mol. The molecule has 0 spiro atoms. The van der Waals surface area contributed by atoms with E-state index in [4.69, 9.17) is 11.1 Å². The molecule has 0 unspecified atom stereocenters. The van der Waals surface area contributed by atoms with E-state index in [9.17, 15) is 0 Å². The average Bonchev–Trinajstić information content (AvgIpc) is 1.66. The number of nitrogens with one attached hydrogen (secondary N) is 1. The number of nitrogens with two attached hydrogens (primary N) is 1. The predicted octanol–water partition coefficient (Wildman–Crippen LogP) is 0.403. The molecule has 0 aliphatic heterocycles. The molecule has 0 amide bonds. The summed E-state index contributed by atoms with van der Waals surface area (Å²) in [5.74, 6) is 0.169. The van der Waals surface area contributed by atoms with Crippen molar-refractivity contribution in [1.29, 1.82) is 5.41 Å². The Morgan fingerprint density at radius 1 is 1.88 bits per heavy atom. The van der Waals surface area contributed by atoms with Gasteiger partial charge in [-0.1, -0.05) is 0 Å². The lowest BCUT2D eigenvalue weighted by Gasteiger charge is -1.85. The maximum absolute atomic E-state index is 6.76. The molecule has 0 aromatic carbocycles. The molecule has 0 rings (SSSR count). The molecule has 0 heterocycles. The summed E-state index contributed by atoms with van der Waals surface area (Å²) in [6.45, 7) is 2.71. The van der Waals surface area contributed by atoms with Crippen molar-refractivity contribution in [3.05, 3.63) is 0 Å². The average molecular weight is 113 g/mol. The Bertz CT molecular complexity index is 95.8. The van der Waals surface area contributed by atoms with Crippen molar-refractivity contribution in [2.75, 3.05) is 6.54 Å². The summed E-state index contributed by atoms with van der Waals surface area (Å²) in [6, 6.07) is 0. The molecular formula is C5H11N3. The van der Waals surface area contributed by atoms with Crippen LogP contribution in [0.15, 0.2) is 4.99 Å². The highest BCUT2D eigenvalue weighted by Gasteiger charge is 1.79. The minimum atomic E-state index is 0.169. The molecule has 3 heteroatoms. The second-order valence-electron chi connectivity index (χ2n) is 1.41. The Labute approximate surface area is 49.1 Å². The van der Waals surface area contributed by atoms with Crippen LogP contribution in [0.5, 0.6) is 0 Å². The Balaban J connectivity index is 3.16. The number of hydrogen-bond acceptors (Lipinski definition) is 2. The summed E-state index contributed by atoms with van der Waals surface area (Å²) in [6.07, 6.45) is 2.14. The van der Waals surface area contributed by atoms with Crippen LogP contribution in [0.1, 0.15) is 13.3 Å². The van der Waals surface area contributed by atoms with Gasteiger partial charge in [0, 0.05) is 19.2 Å². The van der Waals surface area contributed by atoms with Gasteiger partial charge in [-0.15, -0.1) is 0 Å². The third-order valence-corrected chi connectivity index (χ3v) is 0.623. The van der Waals surface area contributed by atoms with Crippen LogP contribution in [0.3, 0.4) is 0 Å². The first-order valence-corrected chi connectivity index (χ1v) is 2.58.